The predicted molar refractivity (Wildman–Crippen MR) is 177 cm³/mol. The van der Waals surface area contributed by atoms with Gasteiger partial charge in [0.2, 0.25) is 0 Å². The van der Waals surface area contributed by atoms with Crippen molar-refractivity contribution >= 4 is 52.2 Å². The molecule has 2 fully saturated rings. The molecule has 5 N–H and O–H groups in total. The fourth-order valence-corrected chi connectivity index (χ4v) is 9.44. The van der Waals surface area contributed by atoms with Crippen molar-refractivity contribution in [2.24, 2.45) is 0 Å². The third kappa shape index (κ3) is 9.26. The molecule has 2 aliphatic rings. The summed E-state index contributed by atoms with van der Waals surface area (Å²) < 4.78 is 76.1. The highest BCUT2D eigenvalue weighted by Crippen LogP contribution is 2.68. The number of nitrogens with two attached hydrogens (primary N) is 1. The molecule has 270 valence electrons. The van der Waals surface area contributed by atoms with Gasteiger partial charge in [-0.25, -0.2) is 28.6 Å². The zero-order valence-corrected chi connectivity index (χ0v) is 29.8. The van der Waals surface area contributed by atoms with Gasteiger partial charge < -0.3 is 34.6 Å². The second-order valence-corrected chi connectivity index (χ2v) is 16.8. The third-order valence-electron chi connectivity index (χ3n) is 7.34. The van der Waals surface area contributed by atoms with E-state index in [0.717, 1.165) is 17.7 Å². The molecular formula is C28H34N5O13P3S. The Morgan fingerprint density at radius 1 is 0.860 bits per heavy atom. The largest absolute Gasteiger partial charge is 0.490 e. The third-order valence-corrected chi connectivity index (χ3v) is 12.6. The molecule has 0 aliphatic carbocycles. The fourth-order valence-electron chi connectivity index (χ4n) is 5.24. The highest BCUT2D eigenvalue weighted by Gasteiger charge is 2.54. The monoisotopic (exact) mass is 773 g/mol. The lowest BCUT2D eigenvalue weighted by molar-refractivity contribution is -0.149. The molecule has 2 aliphatic heterocycles. The number of thioether (sulfide) groups is 1. The van der Waals surface area contributed by atoms with Crippen molar-refractivity contribution < 1.29 is 60.3 Å². The smallest absolute Gasteiger partial charge is 0.382 e. The first-order valence-corrected chi connectivity index (χ1v) is 20.7. The van der Waals surface area contributed by atoms with Gasteiger partial charge in [0.1, 0.15) is 23.8 Å². The molecule has 4 heterocycles. The number of hydrogen-bond donors (Lipinski definition) is 4. The predicted octanol–water partition coefficient (Wildman–Crippen LogP) is 4.73. The van der Waals surface area contributed by atoms with E-state index < -0.39 is 67.5 Å². The van der Waals surface area contributed by atoms with Crippen LogP contribution in [0.5, 0.6) is 0 Å². The number of anilines is 1. The quantitative estimate of drug-likeness (QED) is 0.0683. The van der Waals surface area contributed by atoms with Gasteiger partial charge in [-0.1, -0.05) is 79.3 Å². The van der Waals surface area contributed by atoms with E-state index in [4.69, 9.17) is 29.0 Å². The van der Waals surface area contributed by atoms with Crippen molar-refractivity contribution in [2.75, 3.05) is 18.1 Å². The molecule has 0 amide bonds. The number of ether oxygens (including phenoxy) is 3. The van der Waals surface area contributed by atoms with Crippen LogP contribution in [0.2, 0.25) is 0 Å². The van der Waals surface area contributed by atoms with E-state index in [1.807, 2.05) is 37.3 Å². The lowest BCUT2D eigenvalue weighted by Gasteiger charge is -2.22. The van der Waals surface area contributed by atoms with E-state index in [9.17, 15) is 28.4 Å². The summed E-state index contributed by atoms with van der Waals surface area (Å²) >= 11 is 1.42. The summed E-state index contributed by atoms with van der Waals surface area (Å²) in [4.78, 5) is 43.6. The van der Waals surface area contributed by atoms with Crippen LogP contribution in [0.25, 0.3) is 11.2 Å². The van der Waals surface area contributed by atoms with Crippen LogP contribution in [0.15, 0.2) is 72.1 Å². The van der Waals surface area contributed by atoms with E-state index in [2.05, 4.69) is 23.6 Å². The number of phosphoric ester groups is 2. The topological polar surface area (TPSA) is 246 Å². The maximum absolute atomic E-state index is 12.8. The van der Waals surface area contributed by atoms with Crippen molar-refractivity contribution in [3.05, 3.63) is 78.1 Å². The minimum absolute atomic E-state index is 0.166. The Morgan fingerprint density at radius 2 is 1.50 bits per heavy atom. The van der Waals surface area contributed by atoms with Crippen molar-refractivity contribution in [2.45, 2.75) is 62.4 Å². The Morgan fingerprint density at radius 3 is 2.18 bits per heavy atom. The van der Waals surface area contributed by atoms with E-state index in [-0.39, 0.29) is 5.82 Å². The molecule has 2 aromatic heterocycles. The zero-order chi connectivity index (χ0) is 35.5. The Hall–Kier alpha value is -2.57. The first-order chi connectivity index (χ1) is 23.8. The van der Waals surface area contributed by atoms with Gasteiger partial charge >= 0.3 is 23.5 Å². The number of imidazole rings is 1. The van der Waals surface area contributed by atoms with Gasteiger partial charge in [0, 0.05) is 12.2 Å². The molecule has 18 nitrogen and oxygen atoms in total. The Balaban J connectivity index is 1.17. The molecular weight excluding hydrogens is 739 g/mol. The summed E-state index contributed by atoms with van der Waals surface area (Å²) in [5.74, 6) is 0.923. The Kier molecular flexibility index (Phi) is 11.6. The molecule has 6 unspecified atom stereocenters. The summed E-state index contributed by atoms with van der Waals surface area (Å²) in [6, 6.07) is 17.5. The second-order valence-electron chi connectivity index (χ2n) is 11.1. The van der Waals surface area contributed by atoms with E-state index in [1.54, 1.807) is 34.9 Å². The number of phosphoric acid groups is 3. The van der Waals surface area contributed by atoms with Crippen LogP contribution >= 0.6 is 35.2 Å². The van der Waals surface area contributed by atoms with Crippen LogP contribution in [0.3, 0.4) is 0 Å². The zero-order valence-electron chi connectivity index (χ0n) is 26.3. The van der Waals surface area contributed by atoms with Crippen LogP contribution in [0.4, 0.5) is 5.82 Å². The first kappa shape index (κ1) is 37.2. The average molecular weight is 774 g/mol. The lowest BCUT2D eigenvalue weighted by Crippen LogP contribution is -2.31. The number of nitrogen functional groups attached to an aromatic ring is 1. The molecule has 0 radical (unpaired) electrons. The highest BCUT2D eigenvalue weighted by molar-refractivity contribution is 7.99. The van der Waals surface area contributed by atoms with Gasteiger partial charge in [-0.3, -0.25) is 13.6 Å². The number of fused-ring (bicyclic) bond motifs is 2. The number of nitrogens with zero attached hydrogens (tertiary/aromatic N) is 4. The van der Waals surface area contributed by atoms with Crippen molar-refractivity contribution in [1.29, 1.82) is 0 Å². The van der Waals surface area contributed by atoms with Gasteiger partial charge in [-0.05, 0) is 17.5 Å². The van der Waals surface area contributed by atoms with Crippen molar-refractivity contribution in [3.8, 4) is 0 Å². The Bertz CT molecular complexity index is 1930. The molecule has 4 aromatic rings. The first-order valence-electron chi connectivity index (χ1n) is 15.2. The van der Waals surface area contributed by atoms with Gasteiger partial charge in [0.05, 0.1) is 19.5 Å². The Labute approximate surface area is 290 Å². The van der Waals surface area contributed by atoms with E-state index >= 15 is 0 Å². The van der Waals surface area contributed by atoms with Crippen molar-refractivity contribution in [1.82, 2.24) is 19.5 Å². The SMILES string of the molecule is CCCSc1nc(N)c2ncn([C@@H]3O[C@H](COP(=O)(O)OP(=O)(O)OP(=O)(O)OCc4ccccc4)C4OC(Cc5ccccc5)OC43)c2n1. The minimum atomic E-state index is -5.70. The molecule has 22 heteroatoms. The summed E-state index contributed by atoms with van der Waals surface area (Å²) in [6.07, 6.45) is -1.76. The summed E-state index contributed by atoms with van der Waals surface area (Å²) in [5, 5.41) is 0.436. The summed E-state index contributed by atoms with van der Waals surface area (Å²) in [5.41, 5.74) is 8.24. The number of rotatable bonds is 16. The number of aromatic nitrogens is 4. The van der Waals surface area contributed by atoms with Gasteiger partial charge in [0.15, 0.2) is 29.1 Å². The van der Waals surface area contributed by atoms with E-state index in [1.165, 1.54) is 18.1 Å². The fraction of sp³-hybridized carbons (Fsp3) is 0.393. The molecule has 8 atom stereocenters. The lowest BCUT2D eigenvalue weighted by atomic mass is 10.1. The molecule has 50 heavy (non-hydrogen) atoms. The van der Waals surface area contributed by atoms with Crippen LogP contribution in [0, 0.1) is 0 Å². The van der Waals surface area contributed by atoms with Crippen LogP contribution in [-0.2, 0) is 58.6 Å². The normalized spacial score (nSPS) is 25.6. The second kappa shape index (κ2) is 15.6. The molecule has 6 rings (SSSR count). The van der Waals surface area contributed by atoms with Crippen LogP contribution in [-0.4, -0.2) is 71.2 Å². The standard InChI is InChI=1S/C28H34N5O13P3S/c1-2-13-50-28-31-25(29)22-26(32-28)33(17-30-22)27-24-23(43-21(44-24)14-18-9-5-3-6-10-18)20(42-27)16-41-48(36,37)46-49(38,39)45-47(34,35)40-15-19-11-7-4-8-12-19/h3-12,17,20-21,23-24,27H,2,13-16H2,1H3,(H,34,35)(H,36,37)(H,38,39)(H2,29,31,32)/t20-,21?,23?,24?,27-/m1/s1. The maximum Gasteiger partial charge on any atom is 0.490 e. The molecule has 0 bridgehead atoms. The minimum Gasteiger partial charge on any atom is -0.382 e. The molecule has 0 spiro atoms. The van der Waals surface area contributed by atoms with Crippen molar-refractivity contribution in [3.63, 3.8) is 0 Å². The van der Waals surface area contributed by atoms with Crippen LogP contribution < -0.4 is 5.73 Å². The number of benzene rings is 2. The van der Waals surface area contributed by atoms with Gasteiger partial charge in [-0.2, -0.15) is 8.62 Å². The highest BCUT2D eigenvalue weighted by atomic mass is 32.2. The molecule has 2 saturated heterocycles. The average Bonchev–Trinajstić information content (AvgIpc) is 3.76. The molecule has 2 aromatic carbocycles. The molecule has 0 saturated carbocycles. The van der Waals surface area contributed by atoms with E-state index in [0.29, 0.717) is 28.3 Å². The number of hydrogen-bond acceptors (Lipinski definition) is 15. The summed E-state index contributed by atoms with van der Waals surface area (Å²) in [6.45, 7) is 0.837. The van der Waals surface area contributed by atoms with Gasteiger partial charge in [0.25, 0.3) is 0 Å². The van der Waals surface area contributed by atoms with Crippen LogP contribution in [0.1, 0.15) is 30.7 Å². The van der Waals surface area contributed by atoms with Gasteiger partial charge in [-0.15, -0.1) is 0 Å². The maximum atomic E-state index is 12.8. The summed E-state index contributed by atoms with van der Waals surface area (Å²) in [7, 11) is -16.4.